The summed E-state index contributed by atoms with van der Waals surface area (Å²) in [5.41, 5.74) is 0.237. The number of benzene rings is 1. The minimum absolute atomic E-state index is 0.0442. The molecule has 4 nitrogen and oxygen atoms in total. The van der Waals surface area contributed by atoms with Crippen molar-refractivity contribution in [3.8, 4) is 0 Å². The Morgan fingerprint density at radius 1 is 1.22 bits per heavy atom. The van der Waals surface area contributed by atoms with E-state index in [9.17, 15) is 14.0 Å². The monoisotopic (exact) mass is 290 g/mol. The molecule has 0 aliphatic carbocycles. The topological polar surface area (TPSA) is 49.4 Å². The van der Waals surface area contributed by atoms with Crippen molar-refractivity contribution in [3.05, 3.63) is 28.0 Å². The lowest BCUT2D eigenvalue weighted by atomic mass is 10.2. The first-order valence-electron chi connectivity index (χ1n) is 5.20. The average molecular weight is 291 g/mol. The van der Waals surface area contributed by atoms with E-state index in [2.05, 4.69) is 5.32 Å². The fourth-order valence-electron chi connectivity index (χ4n) is 1.73. The van der Waals surface area contributed by atoms with Crippen LogP contribution in [0, 0.1) is 5.82 Å². The van der Waals surface area contributed by atoms with Crippen LogP contribution < -0.4 is 10.2 Å². The Bertz CT molecular complexity index is 499. The van der Waals surface area contributed by atoms with Crippen LogP contribution in [0.25, 0.3) is 0 Å². The molecular formula is C11H9Cl2FN2O2. The predicted octanol–water partition coefficient (Wildman–Crippen LogP) is 1.99. The van der Waals surface area contributed by atoms with Gasteiger partial charge in [-0.2, -0.15) is 0 Å². The van der Waals surface area contributed by atoms with Crippen LogP contribution in [0.5, 0.6) is 0 Å². The second-order valence-electron chi connectivity index (χ2n) is 3.79. The van der Waals surface area contributed by atoms with Gasteiger partial charge < -0.3 is 10.2 Å². The van der Waals surface area contributed by atoms with Gasteiger partial charge in [-0.05, 0) is 12.1 Å². The number of halogens is 3. The van der Waals surface area contributed by atoms with Crippen LogP contribution in [-0.2, 0) is 9.59 Å². The van der Waals surface area contributed by atoms with Gasteiger partial charge in [0.1, 0.15) is 5.82 Å². The van der Waals surface area contributed by atoms with E-state index < -0.39 is 5.82 Å². The van der Waals surface area contributed by atoms with E-state index in [0.29, 0.717) is 0 Å². The molecule has 1 aromatic carbocycles. The van der Waals surface area contributed by atoms with E-state index in [1.165, 1.54) is 4.90 Å². The third-order valence-electron chi connectivity index (χ3n) is 2.55. The van der Waals surface area contributed by atoms with E-state index in [1.807, 2.05) is 0 Å². The first-order chi connectivity index (χ1) is 8.49. The predicted molar refractivity (Wildman–Crippen MR) is 66.4 cm³/mol. The SMILES string of the molecule is O=C1CCN(c2c(Cl)cc(F)cc2Cl)C(=O)CN1. The van der Waals surface area contributed by atoms with Gasteiger partial charge in [0.25, 0.3) is 0 Å². The molecule has 1 fully saturated rings. The number of anilines is 1. The van der Waals surface area contributed by atoms with E-state index >= 15 is 0 Å². The molecule has 0 bridgehead atoms. The zero-order valence-electron chi connectivity index (χ0n) is 9.17. The number of amides is 2. The van der Waals surface area contributed by atoms with Gasteiger partial charge in [0.2, 0.25) is 11.8 Å². The standard InChI is InChI=1S/C11H9Cl2FN2O2/c12-7-3-6(14)4-8(13)11(7)16-2-1-9(17)15-5-10(16)18/h3-4H,1-2,5H2,(H,15,17). The summed E-state index contributed by atoms with van der Waals surface area (Å²) in [6, 6.07) is 2.16. The largest absolute Gasteiger partial charge is 0.347 e. The van der Waals surface area contributed by atoms with Crippen LogP contribution in [0.4, 0.5) is 10.1 Å². The maximum Gasteiger partial charge on any atom is 0.246 e. The molecule has 1 aliphatic heterocycles. The maximum absolute atomic E-state index is 13.1. The Balaban J connectivity index is 2.41. The van der Waals surface area contributed by atoms with Crippen molar-refractivity contribution in [3.63, 3.8) is 0 Å². The number of carbonyl (C=O) groups excluding carboxylic acids is 2. The van der Waals surface area contributed by atoms with E-state index in [0.717, 1.165) is 12.1 Å². The second kappa shape index (κ2) is 5.12. The van der Waals surface area contributed by atoms with E-state index in [-0.39, 0.29) is 47.1 Å². The number of hydrogen-bond donors (Lipinski definition) is 1. The summed E-state index contributed by atoms with van der Waals surface area (Å²) in [5.74, 6) is -1.14. The number of carbonyl (C=O) groups is 2. The normalized spacial score (nSPS) is 16.5. The third kappa shape index (κ3) is 2.57. The van der Waals surface area contributed by atoms with Crippen molar-refractivity contribution in [2.45, 2.75) is 6.42 Å². The van der Waals surface area contributed by atoms with Gasteiger partial charge in [-0.3, -0.25) is 9.59 Å². The van der Waals surface area contributed by atoms with Crippen LogP contribution in [0.15, 0.2) is 12.1 Å². The Morgan fingerprint density at radius 3 is 2.44 bits per heavy atom. The molecule has 1 N–H and O–H groups in total. The van der Waals surface area contributed by atoms with E-state index in [1.54, 1.807) is 0 Å². The van der Waals surface area contributed by atoms with Gasteiger partial charge in [-0.1, -0.05) is 23.2 Å². The zero-order valence-corrected chi connectivity index (χ0v) is 10.7. The quantitative estimate of drug-likeness (QED) is 0.860. The average Bonchev–Trinajstić information content (AvgIpc) is 2.43. The summed E-state index contributed by atoms with van der Waals surface area (Å²) < 4.78 is 13.1. The van der Waals surface area contributed by atoms with Crippen LogP contribution in [-0.4, -0.2) is 24.9 Å². The number of hydrogen-bond acceptors (Lipinski definition) is 2. The minimum Gasteiger partial charge on any atom is -0.347 e. The summed E-state index contributed by atoms with van der Waals surface area (Å²) in [4.78, 5) is 24.4. The van der Waals surface area contributed by atoms with Crippen molar-refractivity contribution in [1.29, 1.82) is 0 Å². The van der Waals surface area contributed by atoms with Crippen molar-refractivity contribution >= 4 is 40.7 Å². The number of nitrogens with one attached hydrogen (secondary N) is 1. The molecule has 18 heavy (non-hydrogen) atoms. The van der Waals surface area contributed by atoms with Gasteiger partial charge in [0.05, 0.1) is 22.3 Å². The molecule has 1 heterocycles. The third-order valence-corrected chi connectivity index (χ3v) is 3.13. The highest BCUT2D eigenvalue weighted by molar-refractivity contribution is 6.40. The molecule has 0 aromatic heterocycles. The number of rotatable bonds is 1. The van der Waals surface area contributed by atoms with Crippen LogP contribution in [0.1, 0.15) is 6.42 Å². The first-order valence-corrected chi connectivity index (χ1v) is 5.96. The molecule has 0 radical (unpaired) electrons. The van der Waals surface area contributed by atoms with Gasteiger partial charge in [0.15, 0.2) is 0 Å². The highest BCUT2D eigenvalue weighted by atomic mass is 35.5. The lowest BCUT2D eigenvalue weighted by Gasteiger charge is -2.22. The van der Waals surface area contributed by atoms with Crippen LogP contribution >= 0.6 is 23.2 Å². The molecule has 1 aliphatic rings. The molecule has 7 heteroatoms. The lowest BCUT2D eigenvalue weighted by molar-refractivity contribution is -0.123. The molecule has 0 spiro atoms. The summed E-state index contributed by atoms with van der Waals surface area (Å²) >= 11 is 11.8. The highest BCUT2D eigenvalue weighted by Crippen LogP contribution is 2.35. The molecule has 1 aromatic rings. The van der Waals surface area contributed by atoms with Gasteiger partial charge >= 0.3 is 0 Å². The second-order valence-corrected chi connectivity index (χ2v) is 4.60. The summed E-state index contributed by atoms with van der Waals surface area (Å²) in [6.07, 6.45) is 0.149. The fourth-order valence-corrected chi connectivity index (χ4v) is 2.39. The first kappa shape index (κ1) is 13.1. The van der Waals surface area contributed by atoms with E-state index in [4.69, 9.17) is 23.2 Å². The number of nitrogens with zero attached hydrogens (tertiary/aromatic N) is 1. The molecule has 0 saturated carbocycles. The molecule has 0 atom stereocenters. The Hall–Kier alpha value is -1.33. The highest BCUT2D eigenvalue weighted by Gasteiger charge is 2.25. The van der Waals surface area contributed by atoms with Gasteiger partial charge in [-0.25, -0.2) is 4.39 Å². The van der Waals surface area contributed by atoms with Crippen LogP contribution in [0.2, 0.25) is 10.0 Å². The molecule has 2 amide bonds. The van der Waals surface area contributed by atoms with Gasteiger partial charge in [0, 0.05) is 13.0 Å². The Kier molecular flexibility index (Phi) is 3.73. The molecule has 0 unspecified atom stereocenters. The molecule has 1 saturated heterocycles. The van der Waals surface area contributed by atoms with Crippen molar-refractivity contribution in [1.82, 2.24) is 5.32 Å². The maximum atomic E-state index is 13.1. The fraction of sp³-hybridized carbons (Fsp3) is 0.273. The Morgan fingerprint density at radius 2 is 1.83 bits per heavy atom. The van der Waals surface area contributed by atoms with Gasteiger partial charge in [-0.15, -0.1) is 0 Å². The molecule has 2 rings (SSSR count). The molecular weight excluding hydrogens is 282 g/mol. The zero-order chi connectivity index (χ0) is 13.3. The van der Waals surface area contributed by atoms with Crippen molar-refractivity contribution < 1.29 is 14.0 Å². The summed E-state index contributed by atoms with van der Waals surface area (Å²) in [5, 5.41) is 2.54. The molecule has 96 valence electrons. The summed E-state index contributed by atoms with van der Waals surface area (Å²) in [6.45, 7) is 0.0403. The Labute approximate surface area is 113 Å². The minimum atomic E-state index is -0.578. The van der Waals surface area contributed by atoms with Crippen molar-refractivity contribution in [2.75, 3.05) is 18.0 Å². The lowest BCUT2D eigenvalue weighted by Crippen LogP contribution is -2.35. The van der Waals surface area contributed by atoms with Crippen LogP contribution in [0.3, 0.4) is 0 Å². The van der Waals surface area contributed by atoms with Crippen molar-refractivity contribution in [2.24, 2.45) is 0 Å². The smallest absolute Gasteiger partial charge is 0.246 e. The summed E-state index contributed by atoms with van der Waals surface area (Å²) in [7, 11) is 0.